The minimum Gasteiger partial charge on any atom is -0.354 e. The lowest BCUT2D eigenvalue weighted by molar-refractivity contribution is -0.123. The van der Waals surface area contributed by atoms with Crippen LogP contribution in [-0.4, -0.2) is 53.2 Å². The Labute approximate surface area is 155 Å². The Morgan fingerprint density at radius 2 is 2.28 bits per heavy atom. The number of nitrogens with one attached hydrogen (secondary N) is 2. The number of piperidine rings is 1. The van der Waals surface area contributed by atoms with E-state index in [2.05, 4.69) is 32.6 Å². The number of aryl methyl sites for hydroxylation is 1. The molecule has 2 N–H and O–H groups in total. The predicted octanol–water partition coefficient (Wildman–Crippen LogP) is 1.52. The van der Waals surface area contributed by atoms with Crippen molar-refractivity contribution >= 4 is 18.3 Å². The molecule has 2 atom stereocenters. The summed E-state index contributed by atoms with van der Waals surface area (Å²) in [6.45, 7) is 6.61. The van der Waals surface area contributed by atoms with Gasteiger partial charge in [-0.15, -0.1) is 12.4 Å². The van der Waals surface area contributed by atoms with Crippen LogP contribution in [0.4, 0.5) is 0 Å². The van der Waals surface area contributed by atoms with E-state index in [1.165, 1.54) is 6.42 Å². The Kier molecular flexibility index (Phi) is 8.12. The predicted molar refractivity (Wildman–Crippen MR) is 97.6 cm³/mol. The van der Waals surface area contributed by atoms with Crippen molar-refractivity contribution in [3.05, 3.63) is 11.7 Å². The smallest absolute Gasteiger partial charge is 0.237 e. The third-order valence-corrected chi connectivity index (χ3v) is 4.88. The van der Waals surface area contributed by atoms with E-state index in [9.17, 15) is 4.79 Å². The van der Waals surface area contributed by atoms with Gasteiger partial charge in [-0.25, -0.2) is 0 Å². The van der Waals surface area contributed by atoms with E-state index >= 15 is 0 Å². The first-order valence-electron chi connectivity index (χ1n) is 9.29. The van der Waals surface area contributed by atoms with Gasteiger partial charge in [0.05, 0.1) is 12.6 Å². The highest BCUT2D eigenvalue weighted by molar-refractivity contribution is 5.85. The van der Waals surface area contributed by atoms with E-state index in [-0.39, 0.29) is 24.4 Å². The van der Waals surface area contributed by atoms with Crippen LogP contribution in [0, 0.1) is 5.92 Å². The Bertz CT molecular complexity index is 533. The van der Waals surface area contributed by atoms with Crippen LogP contribution in [0.1, 0.15) is 50.7 Å². The van der Waals surface area contributed by atoms with Crippen molar-refractivity contribution < 1.29 is 9.32 Å². The zero-order chi connectivity index (χ0) is 16.8. The first-order valence-corrected chi connectivity index (χ1v) is 9.29. The topological polar surface area (TPSA) is 83.3 Å². The maximum absolute atomic E-state index is 12.1. The molecule has 1 aromatic rings. The summed E-state index contributed by atoms with van der Waals surface area (Å²) in [6.07, 6.45) is 6.24. The lowest BCUT2D eigenvalue weighted by Gasteiger charge is -2.32. The summed E-state index contributed by atoms with van der Waals surface area (Å²) in [6, 6.07) is 0.0148. The summed E-state index contributed by atoms with van der Waals surface area (Å²) in [4.78, 5) is 18.9. The van der Waals surface area contributed by atoms with Crippen LogP contribution >= 0.6 is 12.4 Å². The second kappa shape index (κ2) is 10.1. The number of rotatable bonds is 7. The van der Waals surface area contributed by atoms with Gasteiger partial charge in [-0.05, 0) is 51.1 Å². The molecule has 8 heteroatoms. The summed E-state index contributed by atoms with van der Waals surface area (Å²) in [5.41, 5.74) is 0. The molecule has 3 rings (SSSR count). The number of hydrogen-bond donors (Lipinski definition) is 2. The number of carbonyl (C=O) groups is 1. The standard InChI is InChI=1S/C17H29N5O2.ClH/c1-2-5-16-20-15(21-24-16)12-22-9-4-6-13(11-22)10-19-17(23)14-7-3-8-18-14;/h13-14,18H,2-12H2,1H3,(H,19,23);1H. The Balaban J connectivity index is 0.00000225. The molecule has 0 aliphatic carbocycles. The molecule has 7 nitrogen and oxygen atoms in total. The minimum absolute atomic E-state index is 0. The summed E-state index contributed by atoms with van der Waals surface area (Å²) in [5, 5.41) is 10.4. The van der Waals surface area contributed by atoms with Gasteiger partial charge in [0.25, 0.3) is 0 Å². The first-order chi connectivity index (χ1) is 11.7. The molecule has 0 radical (unpaired) electrons. The van der Waals surface area contributed by atoms with Crippen molar-refractivity contribution in [2.24, 2.45) is 5.92 Å². The van der Waals surface area contributed by atoms with Gasteiger partial charge in [0.15, 0.2) is 5.82 Å². The highest BCUT2D eigenvalue weighted by atomic mass is 35.5. The zero-order valence-electron chi connectivity index (χ0n) is 15.0. The summed E-state index contributed by atoms with van der Waals surface area (Å²) in [7, 11) is 0. The normalized spacial score (nSPS) is 24.0. The number of carbonyl (C=O) groups excluding carboxylic acids is 1. The highest BCUT2D eigenvalue weighted by Gasteiger charge is 2.25. The van der Waals surface area contributed by atoms with Crippen LogP contribution in [-0.2, 0) is 17.8 Å². The molecular weight excluding hydrogens is 342 g/mol. The van der Waals surface area contributed by atoms with Crippen LogP contribution in [0.3, 0.4) is 0 Å². The molecule has 2 aliphatic rings. The van der Waals surface area contributed by atoms with Crippen molar-refractivity contribution in [2.45, 2.75) is 58.0 Å². The van der Waals surface area contributed by atoms with Gasteiger partial charge in [-0.3, -0.25) is 9.69 Å². The van der Waals surface area contributed by atoms with E-state index in [1.54, 1.807) is 0 Å². The van der Waals surface area contributed by atoms with Gasteiger partial charge in [-0.1, -0.05) is 12.1 Å². The fourth-order valence-corrected chi connectivity index (χ4v) is 3.61. The van der Waals surface area contributed by atoms with Gasteiger partial charge < -0.3 is 15.2 Å². The average Bonchev–Trinajstić information content (AvgIpc) is 3.26. The molecule has 2 saturated heterocycles. The van der Waals surface area contributed by atoms with Gasteiger partial charge in [0.1, 0.15) is 0 Å². The molecule has 3 heterocycles. The molecule has 2 unspecified atom stereocenters. The maximum Gasteiger partial charge on any atom is 0.237 e. The second-order valence-corrected chi connectivity index (χ2v) is 6.99. The fraction of sp³-hybridized carbons (Fsp3) is 0.824. The van der Waals surface area contributed by atoms with Crippen molar-refractivity contribution in [2.75, 3.05) is 26.2 Å². The average molecular weight is 372 g/mol. The number of hydrogen-bond acceptors (Lipinski definition) is 6. The molecule has 1 amide bonds. The monoisotopic (exact) mass is 371 g/mol. The Hall–Kier alpha value is -1.18. The maximum atomic E-state index is 12.1. The highest BCUT2D eigenvalue weighted by Crippen LogP contribution is 2.18. The molecular formula is C17H30ClN5O2. The zero-order valence-corrected chi connectivity index (χ0v) is 15.8. The van der Waals surface area contributed by atoms with Gasteiger partial charge in [-0.2, -0.15) is 4.98 Å². The largest absolute Gasteiger partial charge is 0.354 e. The number of halogens is 1. The summed E-state index contributed by atoms with van der Waals surface area (Å²) < 4.78 is 5.26. The summed E-state index contributed by atoms with van der Waals surface area (Å²) >= 11 is 0. The van der Waals surface area contributed by atoms with Gasteiger partial charge >= 0.3 is 0 Å². The van der Waals surface area contributed by atoms with Crippen LogP contribution in [0.2, 0.25) is 0 Å². The lowest BCUT2D eigenvalue weighted by atomic mass is 9.98. The molecule has 1 aromatic heterocycles. The quantitative estimate of drug-likeness (QED) is 0.756. The van der Waals surface area contributed by atoms with E-state index in [4.69, 9.17) is 4.52 Å². The Morgan fingerprint density at radius 3 is 3.04 bits per heavy atom. The lowest BCUT2D eigenvalue weighted by Crippen LogP contribution is -2.45. The number of amides is 1. The van der Waals surface area contributed by atoms with E-state index < -0.39 is 0 Å². The number of aromatic nitrogens is 2. The van der Waals surface area contributed by atoms with Crippen molar-refractivity contribution in [1.82, 2.24) is 25.7 Å². The summed E-state index contributed by atoms with van der Waals surface area (Å²) in [5.74, 6) is 2.17. The van der Waals surface area contributed by atoms with Crippen molar-refractivity contribution in [3.63, 3.8) is 0 Å². The van der Waals surface area contributed by atoms with E-state index in [0.29, 0.717) is 5.92 Å². The minimum atomic E-state index is 0. The van der Waals surface area contributed by atoms with Crippen molar-refractivity contribution in [1.29, 1.82) is 0 Å². The van der Waals surface area contributed by atoms with Crippen LogP contribution < -0.4 is 10.6 Å². The Morgan fingerprint density at radius 1 is 1.40 bits per heavy atom. The van der Waals surface area contributed by atoms with Gasteiger partial charge in [0.2, 0.25) is 11.8 Å². The van der Waals surface area contributed by atoms with E-state index in [0.717, 1.165) is 76.5 Å². The fourth-order valence-electron chi connectivity index (χ4n) is 3.61. The molecule has 2 fully saturated rings. The number of likely N-dealkylation sites (tertiary alicyclic amines) is 1. The molecule has 0 bridgehead atoms. The molecule has 2 aliphatic heterocycles. The molecule has 0 spiro atoms. The van der Waals surface area contributed by atoms with Crippen LogP contribution in [0.15, 0.2) is 4.52 Å². The van der Waals surface area contributed by atoms with Gasteiger partial charge in [0, 0.05) is 19.5 Å². The molecule has 25 heavy (non-hydrogen) atoms. The van der Waals surface area contributed by atoms with Crippen LogP contribution in [0.25, 0.3) is 0 Å². The van der Waals surface area contributed by atoms with E-state index in [1.807, 2.05) is 0 Å². The first kappa shape index (κ1) is 20.1. The second-order valence-electron chi connectivity index (χ2n) is 6.99. The molecule has 142 valence electrons. The third-order valence-electron chi connectivity index (χ3n) is 4.88. The van der Waals surface area contributed by atoms with Crippen molar-refractivity contribution in [3.8, 4) is 0 Å². The van der Waals surface area contributed by atoms with Crippen LogP contribution in [0.5, 0.6) is 0 Å². The number of nitrogens with zero attached hydrogens (tertiary/aromatic N) is 3. The SMILES string of the molecule is CCCc1nc(CN2CCCC(CNC(=O)C3CCCN3)C2)no1.Cl. The molecule has 0 aromatic carbocycles. The molecule has 0 saturated carbocycles. The third kappa shape index (κ3) is 5.94.